The van der Waals surface area contributed by atoms with Crippen LogP contribution in [0.5, 0.6) is 0 Å². The SMILES string of the molecule is CCCC1CCN(Cc2cc(Cl)c(N)c(Cl)c2)CC1. The predicted octanol–water partition coefficient (Wildman–Crippen LogP) is 4.59. The van der Waals surface area contributed by atoms with E-state index in [2.05, 4.69) is 11.8 Å². The molecular formula is C15H22Cl2N2. The summed E-state index contributed by atoms with van der Waals surface area (Å²) in [4.78, 5) is 2.48. The van der Waals surface area contributed by atoms with Gasteiger partial charge in [-0.1, -0.05) is 43.0 Å². The topological polar surface area (TPSA) is 29.3 Å². The highest BCUT2D eigenvalue weighted by Gasteiger charge is 2.18. The molecule has 2 rings (SSSR count). The Morgan fingerprint density at radius 1 is 1.21 bits per heavy atom. The fraction of sp³-hybridized carbons (Fsp3) is 0.600. The molecule has 1 aliphatic rings. The van der Waals surface area contributed by atoms with Crippen LogP contribution in [-0.2, 0) is 6.54 Å². The van der Waals surface area contributed by atoms with E-state index in [4.69, 9.17) is 28.9 Å². The summed E-state index contributed by atoms with van der Waals surface area (Å²) in [6.45, 7) is 5.53. The molecule has 0 spiro atoms. The number of benzene rings is 1. The highest BCUT2D eigenvalue weighted by molar-refractivity contribution is 6.38. The van der Waals surface area contributed by atoms with Crippen LogP contribution in [0.2, 0.25) is 10.0 Å². The van der Waals surface area contributed by atoms with Crippen molar-refractivity contribution in [3.63, 3.8) is 0 Å². The average Bonchev–Trinajstić information content (AvgIpc) is 2.38. The highest BCUT2D eigenvalue weighted by atomic mass is 35.5. The van der Waals surface area contributed by atoms with Crippen LogP contribution in [0.3, 0.4) is 0 Å². The van der Waals surface area contributed by atoms with Gasteiger partial charge in [0.2, 0.25) is 0 Å². The van der Waals surface area contributed by atoms with E-state index in [1.54, 1.807) is 0 Å². The molecule has 2 N–H and O–H groups in total. The van der Waals surface area contributed by atoms with E-state index in [-0.39, 0.29) is 0 Å². The second-order valence-electron chi connectivity index (χ2n) is 5.48. The molecule has 1 heterocycles. The van der Waals surface area contributed by atoms with Crippen LogP contribution in [0.15, 0.2) is 12.1 Å². The summed E-state index contributed by atoms with van der Waals surface area (Å²) >= 11 is 12.1. The number of nitrogen functional groups attached to an aromatic ring is 1. The molecule has 1 aromatic carbocycles. The van der Waals surface area contributed by atoms with Crippen LogP contribution in [0.25, 0.3) is 0 Å². The molecule has 0 radical (unpaired) electrons. The first-order valence-electron chi connectivity index (χ1n) is 7.06. The molecule has 0 amide bonds. The van der Waals surface area contributed by atoms with Crippen molar-refractivity contribution in [2.24, 2.45) is 5.92 Å². The zero-order chi connectivity index (χ0) is 13.8. The number of hydrogen-bond donors (Lipinski definition) is 1. The molecule has 1 fully saturated rings. The lowest BCUT2D eigenvalue weighted by Crippen LogP contribution is -2.33. The number of nitrogens with two attached hydrogens (primary N) is 1. The first kappa shape index (κ1) is 15.0. The minimum absolute atomic E-state index is 0.480. The lowest BCUT2D eigenvalue weighted by molar-refractivity contribution is 0.172. The van der Waals surface area contributed by atoms with Gasteiger partial charge in [-0.25, -0.2) is 0 Å². The van der Waals surface area contributed by atoms with Gasteiger partial charge in [-0.2, -0.15) is 0 Å². The van der Waals surface area contributed by atoms with Gasteiger partial charge in [0.25, 0.3) is 0 Å². The van der Waals surface area contributed by atoms with Crippen molar-refractivity contribution in [1.82, 2.24) is 4.90 Å². The van der Waals surface area contributed by atoms with Gasteiger partial charge in [0.15, 0.2) is 0 Å². The van der Waals surface area contributed by atoms with Crippen molar-refractivity contribution in [2.75, 3.05) is 18.8 Å². The van der Waals surface area contributed by atoms with Gasteiger partial charge in [0.05, 0.1) is 15.7 Å². The summed E-state index contributed by atoms with van der Waals surface area (Å²) in [5.41, 5.74) is 7.39. The predicted molar refractivity (Wildman–Crippen MR) is 83.8 cm³/mol. The number of hydrogen-bond acceptors (Lipinski definition) is 2. The molecule has 0 saturated carbocycles. The zero-order valence-corrected chi connectivity index (χ0v) is 13.0. The van der Waals surface area contributed by atoms with Gasteiger partial charge in [-0.3, -0.25) is 4.90 Å². The Hall–Kier alpha value is -0.440. The second kappa shape index (κ2) is 6.83. The van der Waals surface area contributed by atoms with E-state index in [1.165, 1.54) is 38.8 Å². The Balaban J connectivity index is 1.92. The standard InChI is InChI=1S/C15H22Cl2N2/c1-2-3-11-4-6-19(7-5-11)10-12-8-13(16)15(18)14(17)9-12/h8-9,11H,2-7,10,18H2,1H3. The maximum absolute atomic E-state index is 6.07. The van der Waals surface area contributed by atoms with Crippen molar-refractivity contribution in [3.8, 4) is 0 Å². The molecule has 1 aliphatic heterocycles. The first-order valence-corrected chi connectivity index (χ1v) is 7.81. The molecule has 0 bridgehead atoms. The second-order valence-corrected chi connectivity index (χ2v) is 6.30. The van der Waals surface area contributed by atoms with Gasteiger partial charge in [-0.05, 0) is 49.5 Å². The summed E-state index contributed by atoms with van der Waals surface area (Å²) < 4.78 is 0. The number of rotatable bonds is 4. The van der Waals surface area contributed by atoms with Crippen molar-refractivity contribution < 1.29 is 0 Å². The minimum Gasteiger partial charge on any atom is -0.396 e. The van der Waals surface area contributed by atoms with Crippen LogP contribution in [-0.4, -0.2) is 18.0 Å². The third kappa shape index (κ3) is 4.01. The minimum atomic E-state index is 0.480. The molecule has 4 heteroatoms. The van der Waals surface area contributed by atoms with Crippen molar-refractivity contribution in [1.29, 1.82) is 0 Å². The summed E-state index contributed by atoms with van der Waals surface area (Å²) in [5.74, 6) is 0.917. The van der Waals surface area contributed by atoms with Gasteiger partial charge in [-0.15, -0.1) is 0 Å². The van der Waals surface area contributed by atoms with Gasteiger partial charge >= 0.3 is 0 Å². The Morgan fingerprint density at radius 3 is 2.32 bits per heavy atom. The zero-order valence-electron chi connectivity index (χ0n) is 11.5. The van der Waals surface area contributed by atoms with E-state index in [1.807, 2.05) is 12.1 Å². The number of piperidine rings is 1. The summed E-state index contributed by atoms with van der Waals surface area (Å²) in [6, 6.07) is 3.86. The van der Waals surface area contributed by atoms with Crippen LogP contribution in [0.1, 0.15) is 38.2 Å². The lowest BCUT2D eigenvalue weighted by atomic mass is 9.92. The van der Waals surface area contributed by atoms with Crippen molar-refractivity contribution >= 4 is 28.9 Å². The van der Waals surface area contributed by atoms with Crippen molar-refractivity contribution in [2.45, 2.75) is 39.2 Å². The molecule has 0 unspecified atom stereocenters. The lowest BCUT2D eigenvalue weighted by Gasteiger charge is -2.32. The molecule has 106 valence electrons. The molecule has 19 heavy (non-hydrogen) atoms. The maximum Gasteiger partial charge on any atom is 0.0693 e. The maximum atomic E-state index is 6.07. The van der Waals surface area contributed by atoms with Crippen LogP contribution >= 0.6 is 23.2 Å². The largest absolute Gasteiger partial charge is 0.396 e. The molecule has 1 aromatic rings. The third-order valence-electron chi connectivity index (χ3n) is 3.95. The molecule has 2 nitrogen and oxygen atoms in total. The number of nitrogens with zero attached hydrogens (tertiary/aromatic N) is 1. The van der Waals surface area contributed by atoms with Gasteiger partial charge in [0, 0.05) is 6.54 Å². The van der Waals surface area contributed by atoms with E-state index in [0.717, 1.165) is 18.0 Å². The van der Waals surface area contributed by atoms with Crippen LogP contribution in [0.4, 0.5) is 5.69 Å². The fourth-order valence-electron chi connectivity index (χ4n) is 2.83. The smallest absolute Gasteiger partial charge is 0.0693 e. The van der Waals surface area contributed by atoms with E-state index >= 15 is 0 Å². The van der Waals surface area contributed by atoms with Crippen LogP contribution < -0.4 is 5.73 Å². The molecule has 1 saturated heterocycles. The average molecular weight is 301 g/mol. The molecule has 0 aromatic heterocycles. The molecule has 0 atom stereocenters. The summed E-state index contributed by atoms with van der Waals surface area (Å²) in [5, 5.41) is 1.12. The van der Waals surface area contributed by atoms with Crippen LogP contribution in [0, 0.1) is 5.92 Å². The highest BCUT2D eigenvalue weighted by Crippen LogP contribution is 2.30. The van der Waals surface area contributed by atoms with Gasteiger partial charge < -0.3 is 5.73 Å². The Labute approximate surface area is 125 Å². The number of anilines is 1. The van der Waals surface area contributed by atoms with E-state index < -0.39 is 0 Å². The number of likely N-dealkylation sites (tertiary alicyclic amines) is 1. The Bertz CT molecular complexity index is 403. The summed E-state index contributed by atoms with van der Waals surface area (Å²) in [6.07, 6.45) is 5.29. The first-order chi connectivity index (χ1) is 9.10. The van der Waals surface area contributed by atoms with Gasteiger partial charge in [0.1, 0.15) is 0 Å². The quantitative estimate of drug-likeness (QED) is 0.824. The summed E-state index contributed by atoms with van der Waals surface area (Å²) in [7, 11) is 0. The third-order valence-corrected chi connectivity index (χ3v) is 4.57. The van der Waals surface area contributed by atoms with E-state index in [9.17, 15) is 0 Å². The normalized spacial score (nSPS) is 17.8. The van der Waals surface area contributed by atoms with E-state index in [0.29, 0.717) is 15.7 Å². The van der Waals surface area contributed by atoms with Crippen molar-refractivity contribution in [3.05, 3.63) is 27.7 Å². The monoisotopic (exact) mass is 300 g/mol. The molecule has 0 aliphatic carbocycles. The fourth-order valence-corrected chi connectivity index (χ4v) is 3.36. The number of halogens is 2. The Kier molecular flexibility index (Phi) is 5.37. The Morgan fingerprint density at radius 2 is 1.79 bits per heavy atom. The molecular weight excluding hydrogens is 279 g/mol.